The van der Waals surface area contributed by atoms with Gasteiger partial charge in [0.15, 0.2) is 0 Å². The fourth-order valence-electron chi connectivity index (χ4n) is 1.35. The van der Waals surface area contributed by atoms with E-state index in [-0.39, 0.29) is 11.7 Å². The molecule has 1 aromatic carbocycles. The lowest BCUT2D eigenvalue weighted by Gasteiger charge is -2.11. The summed E-state index contributed by atoms with van der Waals surface area (Å²) in [5.41, 5.74) is 1.19. The van der Waals surface area contributed by atoms with Gasteiger partial charge in [-0.2, -0.15) is 0 Å². The SMILES string of the molecule is CCC(C)OCCc1cccc(C(=O)[O-])c1. The highest BCUT2D eigenvalue weighted by molar-refractivity contribution is 5.85. The van der Waals surface area contributed by atoms with Gasteiger partial charge in [-0.3, -0.25) is 0 Å². The first kappa shape index (κ1) is 12.7. The van der Waals surface area contributed by atoms with Crippen molar-refractivity contribution in [1.29, 1.82) is 0 Å². The Hall–Kier alpha value is -1.35. The van der Waals surface area contributed by atoms with Crippen LogP contribution in [-0.4, -0.2) is 18.7 Å². The van der Waals surface area contributed by atoms with Crippen LogP contribution in [-0.2, 0) is 11.2 Å². The molecular formula is C13H17O3-. The molecular weight excluding hydrogens is 204 g/mol. The predicted octanol–water partition coefficient (Wildman–Crippen LogP) is 1.41. The summed E-state index contributed by atoms with van der Waals surface area (Å²) in [6.07, 6.45) is 1.97. The van der Waals surface area contributed by atoms with Crippen LogP contribution < -0.4 is 5.11 Å². The molecule has 1 aromatic rings. The summed E-state index contributed by atoms with van der Waals surface area (Å²) in [6, 6.07) is 6.79. The maximum atomic E-state index is 10.6. The fourth-order valence-corrected chi connectivity index (χ4v) is 1.35. The molecule has 16 heavy (non-hydrogen) atoms. The van der Waals surface area contributed by atoms with Gasteiger partial charge in [-0.15, -0.1) is 0 Å². The Morgan fingerprint density at radius 1 is 1.50 bits per heavy atom. The van der Waals surface area contributed by atoms with E-state index in [9.17, 15) is 9.90 Å². The Balaban J connectivity index is 2.48. The standard InChI is InChI=1S/C13H18O3/c1-3-10(2)16-8-7-11-5-4-6-12(9-11)13(14)15/h4-6,9-10H,3,7-8H2,1-2H3,(H,14,15)/p-1. The van der Waals surface area contributed by atoms with E-state index in [1.165, 1.54) is 6.07 Å². The molecule has 0 bridgehead atoms. The van der Waals surface area contributed by atoms with Gasteiger partial charge in [0, 0.05) is 0 Å². The molecule has 0 saturated carbocycles. The highest BCUT2D eigenvalue weighted by Crippen LogP contribution is 2.06. The molecule has 3 nitrogen and oxygen atoms in total. The first-order valence-corrected chi connectivity index (χ1v) is 5.55. The summed E-state index contributed by atoms with van der Waals surface area (Å²) in [5.74, 6) is -1.13. The van der Waals surface area contributed by atoms with Crippen LogP contribution in [0.5, 0.6) is 0 Å². The summed E-state index contributed by atoms with van der Waals surface area (Å²) in [5, 5.41) is 10.6. The van der Waals surface area contributed by atoms with Crippen LogP contribution >= 0.6 is 0 Å². The highest BCUT2D eigenvalue weighted by atomic mass is 16.5. The van der Waals surface area contributed by atoms with E-state index in [1.54, 1.807) is 12.1 Å². The van der Waals surface area contributed by atoms with Crippen molar-refractivity contribution in [1.82, 2.24) is 0 Å². The number of rotatable bonds is 6. The molecule has 0 radical (unpaired) electrons. The third-order valence-electron chi connectivity index (χ3n) is 2.53. The largest absolute Gasteiger partial charge is 0.545 e. The van der Waals surface area contributed by atoms with Crippen molar-refractivity contribution in [3.8, 4) is 0 Å². The fraction of sp³-hybridized carbons (Fsp3) is 0.462. The Labute approximate surface area is 96.1 Å². The number of carbonyl (C=O) groups excluding carboxylic acids is 1. The van der Waals surface area contributed by atoms with E-state index in [0.29, 0.717) is 6.61 Å². The lowest BCUT2D eigenvalue weighted by molar-refractivity contribution is -0.255. The van der Waals surface area contributed by atoms with Crippen molar-refractivity contribution >= 4 is 5.97 Å². The van der Waals surface area contributed by atoms with Gasteiger partial charge in [0.05, 0.1) is 18.7 Å². The van der Waals surface area contributed by atoms with Crippen molar-refractivity contribution in [2.24, 2.45) is 0 Å². The van der Waals surface area contributed by atoms with Crippen molar-refractivity contribution in [2.75, 3.05) is 6.61 Å². The van der Waals surface area contributed by atoms with Gasteiger partial charge in [0.25, 0.3) is 0 Å². The van der Waals surface area contributed by atoms with Gasteiger partial charge in [-0.05, 0) is 37.0 Å². The monoisotopic (exact) mass is 221 g/mol. The molecule has 0 spiro atoms. The van der Waals surface area contributed by atoms with Gasteiger partial charge in [-0.25, -0.2) is 0 Å². The molecule has 0 aliphatic rings. The Kier molecular flexibility index (Phi) is 4.99. The molecule has 1 atom stereocenters. The van der Waals surface area contributed by atoms with Crippen LogP contribution in [0.3, 0.4) is 0 Å². The third kappa shape index (κ3) is 4.03. The van der Waals surface area contributed by atoms with E-state index in [2.05, 4.69) is 6.92 Å². The minimum Gasteiger partial charge on any atom is -0.545 e. The molecule has 88 valence electrons. The quantitative estimate of drug-likeness (QED) is 0.729. The summed E-state index contributed by atoms with van der Waals surface area (Å²) >= 11 is 0. The van der Waals surface area contributed by atoms with Crippen molar-refractivity contribution in [3.05, 3.63) is 35.4 Å². The smallest absolute Gasteiger partial charge is 0.0715 e. The number of carboxylic acids is 1. The molecule has 0 N–H and O–H groups in total. The van der Waals surface area contributed by atoms with E-state index in [0.717, 1.165) is 18.4 Å². The van der Waals surface area contributed by atoms with Gasteiger partial charge in [-0.1, -0.05) is 25.1 Å². The number of benzene rings is 1. The van der Waals surface area contributed by atoms with E-state index in [4.69, 9.17) is 4.74 Å². The zero-order chi connectivity index (χ0) is 12.0. The molecule has 1 unspecified atom stereocenters. The van der Waals surface area contributed by atoms with Crippen LogP contribution in [0, 0.1) is 0 Å². The second-order valence-electron chi connectivity index (χ2n) is 3.83. The van der Waals surface area contributed by atoms with E-state index in [1.807, 2.05) is 13.0 Å². The highest BCUT2D eigenvalue weighted by Gasteiger charge is 2.00. The van der Waals surface area contributed by atoms with E-state index >= 15 is 0 Å². The van der Waals surface area contributed by atoms with Gasteiger partial charge in [0.1, 0.15) is 0 Å². The summed E-state index contributed by atoms with van der Waals surface area (Å²) in [7, 11) is 0. The lowest BCUT2D eigenvalue weighted by Crippen LogP contribution is -2.22. The molecule has 0 aromatic heterocycles. The molecule has 0 amide bonds. The lowest BCUT2D eigenvalue weighted by atomic mass is 10.1. The number of hydrogen-bond acceptors (Lipinski definition) is 3. The molecule has 0 aliphatic heterocycles. The molecule has 0 heterocycles. The minimum absolute atomic E-state index is 0.223. The normalized spacial score (nSPS) is 12.4. The van der Waals surface area contributed by atoms with Crippen LogP contribution in [0.15, 0.2) is 24.3 Å². The summed E-state index contributed by atoms with van der Waals surface area (Å²) in [6.45, 7) is 4.71. The summed E-state index contributed by atoms with van der Waals surface area (Å²) < 4.78 is 5.53. The number of ether oxygens (including phenoxy) is 1. The van der Waals surface area contributed by atoms with Gasteiger partial charge in [0.2, 0.25) is 0 Å². The average molecular weight is 221 g/mol. The number of carboxylic acid groups (broad SMARTS) is 1. The molecule has 0 aliphatic carbocycles. The molecule has 0 saturated heterocycles. The van der Waals surface area contributed by atoms with Crippen LogP contribution in [0.25, 0.3) is 0 Å². The Morgan fingerprint density at radius 3 is 2.88 bits per heavy atom. The second-order valence-corrected chi connectivity index (χ2v) is 3.83. The second kappa shape index (κ2) is 6.28. The van der Waals surface area contributed by atoms with Gasteiger partial charge < -0.3 is 14.6 Å². The van der Waals surface area contributed by atoms with Crippen molar-refractivity contribution in [3.63, 3.8) is 0 Å². The topological polar surface area (TPSA) is 49.4 Å². The first-order valence-electron chi connectivity index (χ1n) is 5.55. The zero-order valence-electron chi connectivity index (χ0n) is 9.73. The number of aromatic carboxylic acids is 1. The molecule has 0 fully saturated rings. The third-order valence-corrected chi connectivity index (χ3v) is 2.53. The van der Waals surface area contributed by atoms with Crippen molar-refractivity contribution < 1.29 is 14.6 Å². The number of carbonyl (C=O) groups is 1. The molecule has 3 heteroatoms. The maximum Gasteiger partial charge on any atom is 0.0715 e. The molecule has 1 rings (SSSR count). The first-order chi connectivity index (χ1) is 7.63. The minimum atomic E-state index is -1.13. The zero-order valence-corrected chi connectivity index (χ0v) is 9.73. The summed E-state index contributed by atoms with van der Waals surface area (Å²) in [4.78, 5) is 10.6. The number of hydrogen-bond donors (Lipinski definition) is 0. The van der Waals surface area contributed by atoms with Gasteiger partial charge >= 0.3 is 0 Å². The maximum absolute atomic E-state index is 10.6. The van der Waals surface area contributed by atoms with Crippen LogP contribution in [0.1, 0.15) is 36.2 Å². The van der Waals surface area contributed by atoms with Crippen molar-refractivity contribution in [2.45, 2.75) is 32.8 Å². The van der Waals surface area contributed by atoms with Crippen LogP contribution in [0.4, 0.5) is 0 Å². The average Bonchev–Trinajstić information content (AvgIpc) is 2.29. The predicted molar refractivity (Wildman–Crippen MR) is 60.2 cm³/mol. The van der Waals surface area contributed by atoms with E-state index < -0.39 is 5.97 Å². The Morgan fingerprint density at radius 2 is 2.25 bits per heavy atom. The van der Waals surface area contributed by atoms with Crippen LogP contribution in [0.2, 0.25) is 0 Å². The Bertz CT molecular complexity index is 347.